The molecule has 0 aliphatic heterocycles. The highest BCUT2D eigenvalue weighted by Crippen LogP contribution is 2.16. The smallest absolute Gasteiger partial charge is 0.267 e. The van der Waals surface area contributed by atoms with Crippen molar-refractivity contribution in [3.63, 3.8) is 0 Å². The molecule has 110 valence electrons. The van der Waals surface area contributed by atoms with Gasteiger partial charge in [0.25, 0.3) is 5.56 Å². The van der Waals surface area contributed by atoms with Crippen molar-refractivity contribution in [1.82, 2.24) is 9.66 Å². The maximum Gasteiger partial charge on any atom is 0.282 e. The van der Waals surface area contributed by atoms with Gasteiger partial charge in [-0.1, -0.05) is 50.1 Å². The minimum absolute atomic E-state index is 0.188. The number of hydrogen-bond acceptors (Lipinski definition) is 3. The van der Waals surface area contributed by atoms with Crippen LogP contribution in [0.4, 0.5) is 0 Å². The number of nitrogens with zero attached hydrogens (tertiary/aromatic N) is 3. The van der Waals surface area contributed by atoms with Crippen LogP contribution in [0.25, 0.3) is 10.9 Å². The van der Waals surface area contributed by atoms with Crippen LogP contribution >= 0.6 is 31.9 Å². The summed E-state index contributed by atoms with van der Waals surface area (Å²) in [6.07, 6.45) is 1.64. The van der Waals surface area contributed by atoms with Gasteiger partial charge in [0.15, 0.2) is 0 Å². The molecule has 22 heavy (non-hydrogen) atoms. The highest BCUT2D eigenvalue weighted by Gasteiger charge is 2.07. The molecular formula is C16H11Br2N3O. The van der Waals surface area contributed by atoms with Crippen LogP contribution in [0.2, 0.25) is 0 Å². The summed E-state index contributed by atoms with van der Waals surface area (Å²) in [7, 11) is 0. The number of aromatic nitrogens is 2. The van der Waals surface area contributed by atoms with Crippen molar-refractivity contribution in [2.24, 2.45) is 5.10 Å². The summed E-state index contributed by atoms with van der Waals surface area (Å²) in [5.74, 6) is 0.545. The third-order valence-corrected chi connectivity index (χ3v) is 4.40. The second kappa shape index (κ2) is 6.14. The fourth-order valence-electron chi connectivity index (χ4n) is 2.10. The summed E-state index contributed by atoms with van der Waals surface area (Å²) in [6.45, 7) is 1.76. The summed E-state index contributed by atoms with van der Waals surface area (Å²) in [5, 5.41) is 4.82. The Hall–Kier alpha value is -1.79. The van der Waals surface area contributed by atoms with Crippen LogP contribution in [0.5, 0.6) is 0 Å². The second-order valence-corrected chi connectivity index (χ2v) is 6.47. The fraction of sp³-hybridized carbons (Fsp3) is 0.0625. The lowest BCUT2D eigenvalue weighted by Gasteiger charge is -2.06. The van der Waals surface area contributed by atoms with E-state index in [-0.39, 0.29) is 5.56 Å². The zero-order valence-electron chi connectivity index (χ0n) is 11.6. The van der Waals surface area contributed by atoms with E-state index in [1.54, 1.807) is 19.2 Å². The van der Waals surface area contributed by atoms with Crippen LogP contribution < -0.4 is 5.56 Å². The molecule has 1 aromatic heterocycles. The molecule has 0 unspecified atom stereocenters. The average molecular weight is 421 g/mol. The van der Waals surface area contributed by atoms with Gasteiger partial charge in [-0.15, -0.1) is 0 Å². The molecule has 0 aliphatic rings. The van der Waals surface area contributed by atoms with Crippen LogP contribution in [-0.4, -0.2) is 15.9 Å². The number of benzene rings is 2. The zero-order valence-corrected chi connectivity index (χ0v) is 14.8. The molecule has 1 heterocycles. The van der Waals surface area contributed by atoms with Gasteiger partial charge in [0.05, 0.1) is 17.1 Å². The average Bonchev–Trinajstić information content (AvgIpc) is 2.50. The largest absolute Gasteiger partial charge is 0.282 e. The molecule has 2 aromatic carbocycles. The van der Waals surface area contributed by atoms with Crippen molar-refractivity contribution >= 4 is 49.0 Å². The number of rotatable bonds is 2. The quantitative estimate of drug-likeness (QED) is 0.585. The lowest BCUT2D eigenvalue weighted by molar-refractivity contribution is 0.770. The first-order chi connectivity index (χ1) is 10.6. The van der Waals surface area contributed by atoms with E-state index in [9.17, 15) is 4.79 Å². The zero-order chi connectivity index (χ0) is 15.7. The molecule has 0 spiro atoms. The van der Waals surface area contributed by atoms with Gasteiger partial charge in [-0.05, 0) is 31.2 Å². The molecule has 0 fully saturated rings. The maximum absolute atomic E-state index is 12.6. The summed E-state index contributed by atoms with van der Waals surface area (Å²) in [4.78, 5) is 17.0. The first kappa shape index (κ1) is 15.1. The Morgan fingerprint density at radius 1 is 1.18 bits per heavy atom. The summed E-state index contributed by atoms with van der Waals surface area (Å²) in [5.41, 5.74) is 1.37. The standard InChI is InChI=1S/C16H11Br2N3O/c1-10-20-15-7-6-12(17)8-13(15)16(22)21(10)19-9-11-4-2-3-5-14(11)18/h2-9H,1H3. The SMILES string of the molecule is Cc1nc2ccc(Br)cc2c(=O)n1N=Cc1ccccc1Br. The molecule has 0 atom stereocenters. The topological polar surface area (TPSA) is 47.2 Å². The minimum Gasteiger partial charge on any atom is -0.267 e. The van der Waals surface area contributed by atoms with Crippen molar-refractivity contribution in [2.75, 3.05) is 0 Å². The van der Waals surface area contributed by atoms with Crippen molar-refractivity contribution in [1.29, 1.82) is 0 Å². The highest BCUT2D eigenvalue weighted by atomic mass is 79.9. The van der Waals surface area contributed by atoms with Crippen LogP contribution in [0.3, 0.4) is 0 Å². The number of halogens is 2. The molecule has 0 amide bonds. The van der Waals surface area contributed by atoms with Crippen LogP contribution in [0, 0.1) is 6.92 Å². The Bertz CT molecular complexity index is 948. The maximum atomic E-state index is 12.6. The Labute approximate surface area is 143 Å². The first-order valence-corrected chi connectivity index (χ1v) is 8.12. The third kappa shape index (κ3) is 2.89. The van der Waals surface area contributed by atoms with Crippen LogP contribution in [0.15, 0.2) is 61.3 Å². The molecule has 0 saturated heterocycles. The van der Waals surface area contributed by atoms with E-state index < -0.39 is 0 Å². The number of hydrogen-bond donors (Lipinski definition) is 0. The van der Waals surface area contributed by atoms with Gasteiger partial charge in [0, 0.05) is 14.5 Å². The number of aryl methyl sites for hydroxylation is 1. The minimum atomic E-state index is -0.188. The molecule has 3 rings (SSSR count). The van der Waals surface area contributed by atoms with Gasteiger partial charge < -0.3 is 0 Å². The summed E-state index contributed by atoms with van der Waals surface area (Å²) >= 11 is 6.83. The lowest BCUT2D eigenvalue weighted by Crippen LogP contribution is -2.20. The normalized spacial score (nSPS) is 11.4. The Morgan fingerprint density at radius 3 is 2.73 bits per heavy atom. The molecule has 0 radical (unpaired) electrons. The van der Waals surface area contributed by atoms with Gasteiger partial charge in [-0.2, -0.15) is 9.78 Å². The summed E-state index contributed by atoms with van der Waals surface area (Å²) in [6, 6.07) is 13.1. The van der Waals surface area contributed by atoms with Gasteiger partial charge in [-0.25, -0.2) is 4.98 Å². The lowest BCUT2D eigenvalue weighted by atomic mass is 10.2. The molecule has 0 aliphatic carbocycles. The molecule has 4 nitrogen and oxygen atoms in total. The third-order valence-electron chi connectivity index (χ3n) is 3.19. The van der Waals surface area contributed by atoms with E-state index in [1.807, 2.05) is 36.4 Å². The molecule has 0 saturated carbocycles. The predicted molar refractivity (Wildman–Crippen MR) is 95.6 cm³/mol. The molecule has 0 N–H and O–H groups in total. The molecular weight excluding hydrogens is 410 g/mol. The van der Waals surface area contributed by atoms with E-state index in [0.717, 1.165) is 14.5 Å². The van der Waals surface area contributed by atoms with Gasteiger partial charge in [0.1, 0.15) is 5.82 Å². The van der Waals surface area contributed by atoms with Crippen LogP contribution in [-0.2, 0) is 0 Å². The number of fused-ring (bicyclic) bond motifs is 1. The van der Waals surface area contributed by atoms with Crippen molar-refractivity contribution in [2.45, 2.75) is 6.92 Å². The summed E-state index contributed by atoms with van der Waals surface area (Å²) < 4.78 is 3.07. The predicted octanol–water partition coefficient (Wildman–Crippen LogP) is 4.11. The first-order valence-electron chi connectivity index (χ1n) is 6.54. The highest BCUT2D eigenvalue weighted by molar-refractivity contribution is 9.10. The molecule has 0 bridgehead atoms. The second-order valence-electron chi connectivity index (χ2n) is 4.70. The van der Waals surface area contributed by atoms with Crippen molar-refractivity contribution in [3.8, 4) is 0 Å². The van der Waals surface area contributed by atoms with E-state index >= 15 is 0 Å². The van der Waals surface area contributed by atoms with E-state index in [4.69, 9.17) is 0 Å². The Morgan fingerprint density at radius 2 is 1.95 bits per heavy atom. The monoisotopic (exact) mass is 419 g/mol. The Kier molecular flexibility index (Phi) is 4.22. The van der Waals surface area contributed by atoms with Crippen molar-refractivity contribution < 1.29 is 0 Å². The molecule has 6 heteroatoms. The van der Waals surface area contributed by atoms with E-state index in [0.29, 0.717) is 16.7 Å². The van der Waals surface area contributed by atoms with Gasteiger partial charge in [-0.3, -0.25) is 4.79 Å². The van der Waals surface area contributed by atoms with Gasteiger partial charge >= 0.3 is 0 Å². The van der Waals surface area contributed by atoms with Crippen LogP contribution in [0.1, 0.15) is 11.4 Å². The van der Waals surface area contributed by atoms with E-state index in [1.165, 1.54) is 4.68 Å². The van der Waals surface area contributed by atoms with Crippen molar-refractivity contribution in [3.05, 3.63) is 73.2 Å². The molecule has 3 aromatic rings. The fourth-order valence-corrected chi connectivity index (χ4v) is 2.84. The Balaban J connectivity index is 2.15. The van der Waals surface area contributed by atoms with E-state index in [2.05, 4.69) is 41.9 Å². The van der Waals surface area contributed by atoms with Gasteiger partial charge in [0.2, 0.25) is 0 Å².